The quantitative estimate of drug-likeness (QED) is 0.884. The van der Waals surface area contributed by atoms with Crippen molar-refractivity contribution in [3.05, 3.63) is 34.3 Å². The van der Waals surface area contributed by atoms with Crippen LogP contribution in [-0.4, -0.2) is 17.0 Å². The maximum Gasteiger partial charge on any atom is 0.419 e. The van der Waals surface area contributed by atoms with Crippen LogP contribution in [0.4, 0.5) is 0 Å². The number of aryl methyl sites for hydroxylation is 1. The van der Waals surface area contributed by atoms with Gasteiger partial charge in [-0.1, -0.05) is 13.0 Å². The molecule has 0 saturated heterocycles. The number of rotatable bonds is 4. The summed E-state index contributed by atoms with van der Waals surface area (Å²) in [6.07, 6.45) is 1.22. The molecule has 0 atom stereocenters. The third kappa shape index (κ3) is 2.45. The Morgan fingerprint density at radius 1 is 1.44 bits per heavy atom. The lowest BCUT2D eigenvalue weighted by Crippen LogP contribution is -2.24. The van der Waals surface area contributed by atoms with Crippen LogP contribution in [0.5, 0.6) is 0 Å². The van der Waals surface area contributed by atoms with E-state index in [1.165, 1.54) is 4.57 Å². The number of carbonyl (C=O) groups is 1. The molecule has 0 saturated carbocycles. The molecule has 0 spiro atoms. The van der Waals surface area contributed by atoms with Crippen LogP contribution in [0, 0.1) is 0 Å². The fourth-order valence-electron chi connectivity index (χ4n) is 1.81. The van der Waals surface area contributed by atoms with Gasteiger partial charge in [0.15, 0.2) is 5.58 Å². The van der Waals surface area contributed by atoms with E-state index in [0.717, 1.165) is 17.5 Å². The summed E-state index contributed by atoms with van der Waals surface area (Å²) < 4.78 is 6.58. The van der Waals surface area contributed by atoms with Gasteiger partial charge in [0.05, 0.1) is 5.52 Å². The number of hydrogen-bond donors (Lipinski definition) is 1. The van der Waals surface area contributed by atoms with Crippen molar-refractivity contribution in [2.24, 2.45) is 7.05 Å². The van der Waals surface area contributed by atoms with Crippen molar-refractivity contribution >= 4 is 17.0 Å². The lowest BCUT2D eigenvalue weighted by Gasteiger charge is -2.03. The van der Waals surface area contributed by atoms with Crippen LogP contribution in [0.1, 0.15) is 18.9 Å². The molecule has 0 bridgehead atoms. The summed E-state index contributed by atoms with van der Waals surface area (Å²) in [7, 11) is 1.68. The molecule has 0 aliphatic rings. The second-order valence-corrected chi connectivity index (χ2v) is 4.18. The number of fused-ring (bicyclic) bond motifs is 1. The minimum Gasteiger partial charge on any atom is -0.408 e. The zero-order chi connectivity index (χ0) is 13.1. The molecule has 0 radical (unpaired) electrons. The predicted octanol–water partition coefficient (Wildman–Crippen LogP) is 1.20. The summed E-state index contributed by atoms with van der Waals surface area (Å²) in [5.74, 6) is -0.316. The van der Waals surface area contributed by atoms with E-state index in [2.05, 4.69) is 5.32 Å². The van der Waals surface area contributed by atoms with Gasteiger partial charge in [-0.2, -0.15) is 0 Å². The second-order valence-electron chi connectivity index (χ2n) is 4.18. The first-order valence-electron chi connectivity index (χ1n) is 5.97. The lowest BCUT2D eigenvalue weighted by molar-refractivity contribution is -0.120. The maximum absolute atomic E-state index is 11.3. The first kappa shape index (κ1) is 12.4. The Kier molecular flexibility index (Phi) is 3.50. The van der Waals surface area contributed by atoms with Crippen molar-refractivity contribution in [1.82, 2.24) is 9.88 Å². The van der Waals surface area contributed by atoms with Gasteiger partial charge in [-0.05, 0) is 24.1 Å². The van der Waals surface area contributed by atoms with Crippen molar-refractivity contribution in [1.29, 1.82) is 0 Å². The molecule has 96 valence electrons. The summed E-state index contributed by atoms with van der Waals surface area (Å²) >= 11 is 0. The van der Waals surface area contributed by atoms with Gasteiger partial charge < -0.3 is 9.73 Å². The largest absolute Gasteiger partial charge is 0.419 e. The average molecular weight is 248 g/mol. The zero-order valence-corrected chi connectivity index (χ0v) is 10.5. The molecule has 5 heteroatoms. The van der Waals surface area contributed by atoms with E-state index >= 15 is 0 Å². The van der Waals surface area contributed by atoms with Crippen molar-refractivity contribution in [3.8, 4) is 0 Å². The summed E-state index contributed by atoms with van der Waals surface area (Å²) in [6, 6.07) is 5.64. The predicted molar refractivity (Wildman–Crippen MR) is 68.5 cm³/mol. The molecule has 0 aliphatic carbocycles. The molecular weight excluding hydrogens is 232 g/mol. The van der Waals surface area contributed by atoms with E-state index in [9.17, 15) is 9.59 Å². The van der Waals surface area contributed by atoms with E-state index in [0.29, 0.717) is 18.5 Å². The molecule has 0 unspecified atom stereocenters. The van der Waals surface area contributed by atoms with E-state index in [4.69, 9.17) is 4.42 Å². The number of amides is 1. The number of carbonyl (C=O) groups excluding carboxylic acids is 1. The molecular formula is C13H16N2O3. The zero-order valence-electron chi connectivity index (χ0n) is 10.5. The number of aromatic nitrogens is 1. The summed E-state index contributed by atoms with van der Waals surface area (Å²) in [5, 5.41) is 2.81. The molecule has 2 rings (SSSR count). The van der Waals surface area contributed by atoms with Crippen LogP contribution >= 0.6 is 0 Å². The molecule has 1 amide bonds. The van der Waals surface area contributed by atoms with E-state index < -0.39 is 0 Å². The third-order valence-corrected chi connectivity index (χ3v) is 2.91. The highest BCUT2D eigenvalue weighted by Crippen LogP contribution is 2.14. The normalized spacial score (nSPS) is 10.8. The Bertz CT molecular complexity index is 625. The number of nitrogens with zero attached hydrogens (tertiary/aromatic N) is 1. The van der Waals surface area contributed by atoms with Crippen molar-refractivity contribution < 1.29 is 9.21 Å². The molecule has 18 heavy (non-hydrogen) atoms. The van der Waals surface area contributed by atoms with Gasteiger partial charge in [0.25, 0.3) is 0 Å². The summed E-state index contributed by atoms with van der Waals surface area (Å²) in [5.41, 5.74) is 2.40. The van der Waals surface area contributed by atoms with Crippen LogP contribution < -0.4 is 11.1 Å². The van der Waals surface area contributed by atoms with Gasteiger partial charge in [-0.15, -0.1) is 0 Å². The van der Waals surface area contributed by atoms with Crippen LogP contribution in [0.25, 0.3) is 11.1 Å². The molecule has 0 aliphatic heterocycles. The topological polar surface area (TPSA) is 64.2 Å². The van der Waals surface area contributed by atoms with Crippen molar-refractivity contribution in [2.45, 2.75) is 19.8 Å². The SMILES string of the molecule is CCC(=O)NCCc1ccc2c(c1)oc(=O)n2C. The van der Waals surface area contributed by atoms with Gasteiger partial charge in [0.1, 0.15) is 0 Å². The van der Waals surface area contributed by atoms with Gasteiger partial charge in [0.2, 0.25) is 5.91 Å². The Morgan fingerprint density at radius 2 is 2.22 bits per heavy atom. The molecule has 1 heterocycles. The Balaban J connectivity index is 2.11. The smallest absolute Gasteiger partial charge is 0.408 e. The number of benzene rings is 1. The minimum absolute atomic E-state index is 0.0438. The molecule has 1 aromatic carbocycles. The molecule has 0 fully saturated rings. The summed E-state index contributed by atoms with van der Waals surface area (Å²) in [6.45, 7) is 2.41. The van der Waals surface area contributed by atoms with E-state index in [1.807, 2.05) is 25.1 Å². The van der Waals surface area contributed by atoms with Crippen LogP contribution in [0.3, 0.4) is 0 Å². The Hall–Kier alpha value is -2.04. The molecule has 1 N–H and O–H groups in total. The highest BCUT2D eigenvalue weighted by Gasteiger charge is 2.06. The average Bonchev–Trinajstić information content (AvgIpc) is 2.64. The molecule has 5 nitrogen and oxygen atoms in total. The van der Waals surface area contributed by atoms with E-state index in [-0.39, 0.29) is 11.7 Å². The van der Waals surface area contributed by atoms with Crippen molar-refractivity contribution in [3.63, 3.8) is 0 Å². The second kappa shape index (κ2) is 5.08. The van der Waals surface area contributed by atoms with E-state index in [1.54, 1.807) is 7.05 Å². The minimum atomic E-state index is -0.360. The monoisotopic (exact) mass is 248 g/mol. The number of oxazole rings is 1. The van der Waals surface area contributed by atoms with Gasteiger partial charge in [0, 0.05) is 20.0 Å². The molecule has 1 aromatic heterocycles. The first-order chi connectivity index (χ1) is 8.61. The fraction of sp³-hybridized carbons (Fsp3) is 0.385. The fourth-order valence-corrected chi connectivity index (χ4v) is 1.81. The Labute approximate surface area is 104 Å². The van der Waals surface area contributed by atoms with Gasteiger partial charge >= 0.3 is 5.76 Å². The standard InChI is InChI=1S/C13H16N2O3/c1-3-12(16)14-7-6-9-4-5-10-11(8-9)18-13(17)15(10)2/h4-5,8H,3,6-7H2,1-2H3,(H,14,16). The van der Waals surface area contributed by atoms with Crippen LogP contribution in [-0.2, 0) is 18.3 Å². The molecule has 2 aromatic rings. The first-order valence-corrected chi connectivity index (χ1v) is 5.97. The van der Waals surface area contributed by atoms with Crippen LogP contribution in [0.2, 0.25) is 0 Å². The van der Waals surface area contributed by atoms with Crippen LogP contribution in [0.15, 0.2) is 27.4 Å². The maximum atomic E-state index is 11.3. The van der Waals surface area contributed by atoms with Crippen molar-refractivity contribution in [2.75, 3.05) is 6.54 Å². The summed E-state index contributed by atoms with van der Waals surface area (Å²) in [4.78, 5) is 22.4. The highest BCUT2D eigenvalue weighted by atomic mass is 16.4. The third-order valence-electron chi connectivity index (χ3n) is 2.91. The van der Waals surface area contributed by atoms with Gasteiger partial charge in [-0.3, -0.25) is 9.36 Å². The number of hydrogen-bond acceptors (Lipinski definition) is 3. The lowest BCUT2D eigenvalue weighted by atomic mass is 10.1. The van der Waals surface area contributed by atoms with Gasteiger partial charge in [-0.25, -0.2) is 4.79 Å². The highest BCUT2D eigenvalue weighted by molar-refractivity contribution is 5.75. The Morgan fingerprint density at radius 3 is 2.94 bits per heavy atom. The number of nitrogens with one attached hydrogen (secondary N) is 1.